The van der Waals surface area contributed by atoms with Gasteiger partial charge in [0.15, 0.2) is 5.96 Å². The van der Waals surface area contributed by atoms with Crippen molar-refractivity contribution < 1.29 is 24.2 Å². The lowest BCUT2D eigenvalue weighted by molar-refractivity contribution is -0.159. The number of hydrogen-bond acceptors (Lipinski definition) is 6. The topological polar surface area (TPSA) is 147 Å². The quantitative estimate of drug-likeness (QED) is 0.165. The Kier molecular flexibility index (Phi) is 9.88. The molecule has 0 rings (SSSR count). The standard InChI is InChI=1S/C16H32N4O5/c1-15(2,3)6-5-7-20-14(23)25-11-16(4,10-21)12(22)24-9-8-19-13(17)18/h21H,5-11H2,1-4H3,(H,20,23)(H4,17,18,19). The summed E-state index contributed by atoms with van der Waals surface area (Å²) in [5, 5.41) is 21.5. The molecule has 0 bridgehead atoms. The van der Waals surface area contributed by atoms with Crippen molar-refractivity contribution in [3.8, 4) is 0 Å². The Bertz CT molecular complexity index is 450. The van der Waals surface area contributed by atoms with Crippen LogP contribution in [0.3, 0.4) is 0 Å². The van der Waals surface area contributed by atoms with Gasteiger partial charge in [-0.2, -0.15) is 0 Å². The summed E-state index contributed by atoms with van der Waals surface area (Å²) in [6.07, 6.45) is 1.14. The van der Waals surface area contributed by atoms with Crippen molar-refractivity contribution in [2.75, 3.05) is 32.9 Å². The van der Waals surface area contributed by atoms with Crippen molar-refractivity contribution in [3.63, 3.8) is 0 Å². The number of esters is 1. The maximum absolute atomic E-state index is 12.0. The number of aliphatic hydroxyl groups excluding tert-OH is 1. The van der Waals surface area contributed by atoms with E-state index in [4.69, 9.17) is 20.6 Å². The number of ether oxygens (including phenoxy) is 2. The van der Waals surface area contributed by atoms with E-state index in [1.165, 1.54) is 6.92 Å². The predicted molar refractivity (Wildman–Crippen MR) is 94.1 cm³/mol. The normalized spacial score (nSPS) is 13.5. The zero-order chi connectivity index (χ0) is 19.5. The molecule has 0 aliphatic rings. The molecular weight excluding hydrogens is 328 g/mol. The number of carbonyl (C=O) groups is 2. The van der Waals surface area contributed by atoms with Gasteiger partial charge in [-0.1, -0.05) is 20.8 Å². The molecule has 0 aromatic rings. The fourth-order valence-corrected chi connectivity index (χ4v) is 1.76. The van der Waals surface area contributed by atoms with Gasteiger partial charge in [0.2, 0.25) is 0 Å². The first-order chi connectivity index (χ1) is 11.5. The second-order valence-corrected chi connectivity index (χ2v) is 7.36. The second kappa shape index (κ2) is 10.8. The van der Waals surface area contributed by atoms with Gasteiger partial charge in [0.25, 0.3) is 0 Å². The minimum absolute atomic E-state index is 0.0208. The lowest BCUT2D eigenvalue weighted by Gasteiger charge is -2.24. The number of alkyl carbamates (subject to hydrolysis) is 1. The van der Waals surface area contributed by atoms with Gasteiger partial charge in [-0.3, -0.25) is 10.2 Å². The van der Waals surface area contributed by atoms with Crippen LogP contribution < -0.4 is 16.4 Å². The average molecular weight is 360 g/mol. The van der Waals surface area contributed by atoms with Crippen LogP contribution in [0, 0.1) is 16.2 Å². The van der Waals surface area contributed by atoms with Crippen LogP contribution in [0.5, 0.6) is 0 Å². The van der Waals surface area contributed by atoms with Crippen LogP contribution >= 0.6 is 0 Å². The van der Waals surface area contributed by atoms with Crippen molar-refractivity contribution in [2.24, 2.45) is 16.6 Å². The Morgan fingerprint density at radius 1 is 1.12 bits per heavy atom. The lowest BCUT2D eigenvalue weighted by atomic mass is 9.91. The predicted octanol–water partition coefficient (Wildman–Crippen LogP) is 0.564. The Labute approximate surface area is 149 Å². The third-order valence-corrected chi connectivity index (χ3v) is 3.39. The molecule has 0 spiro atoms. The smallest absolute Gasteiger partial charge is 0.407 e. The summed E-state index contributed by atoms with van der Waals surface area (Å²) >= 11 is 0. The fourth-order valence-electron chi connectivity index (χ4n) is 1.76. The summed E-state index contributed by atoms with van der Waals surface area (Å²) in [6, 6.07) is 0. The summed E-state index contributed by atoms with van der Waals surface area (Å²) in [6.45, 7) is 7.62. The number of hydrogen-bond donors (Lipinski definition) is 5. The number of carbonyl (C=O) groups excluding carboxylic acids is 2. The number of aliphatic hydroxyl groups is 1. The molecule has 0 aliphatic heterocycles. The second-order valence-electron chi connectivity index (χ2n) is 7.36. The first kappa shape index (κ1) is 23.0. The first-order valence-electron chi connectivity index (χ1n) is 8.27. The largest absolute Gasteiger partial charge is 0.463 e. The molecule has 0 aromatic heterocycles. The highest BCUT2D eigenvalue weighted by atomic mass is 16.6. The third-order valence-electron chi connectivity index (χ3n) is 3.39. The van der Waals surface area contributed by atoms with Crippen molar-refractivity contribution in [1.82, 2.24) is 10.6 Å². The van der Waals surface area contributed by atoms with E-state index in [9.17, 15) is 14.7 Å². The Balaban J connectivity index is 4.16. The molecule has 9 heteroatoms. The number of amides is 1. The Hall–Kier alpha value is -2.03. The molecule has 146 valence electrons. The molecule has 6 N–H and O–H groups in total. The minimum atomic E-state index is -1.35. The van der Waals surface area contributed by atoms with Crippen LogP contribution in [-0.2, 0) is 14.3 Å². The van der Waals surface area contributed by atoms with Gasteiger partial charge in [-0.15, -0.1) is 0 Å². The summed E-state index contributed by atoms with van der Waals surface area (Å²) < 4.78 is 10.0. The molecule has 0 heterocycles. The van der Waals surface area contributed by atoms with Gasteiger partial charge in [0.05, 0.1) is 13.2 Å². The molecule has 0 saturated carbocycles. The number of nitrogens with two attached hydrogens (primary N) is 1. The highest BCUT2D eigenvalue weighted by Crippen LogP contribution is 2.20. The molecule has 1 atom stereocenters. The molecule has 1 amide bonds. The van der Waals surface area contributed by atoms with Crippen LogP contribution in [0.2, 0.25) is 0 Å². The van der Waals surface area contributed by atoms with Crippen LogP contribution in [0.15, 0.2) is 0 Å². The minimum Gasteiger partial charge on any atom is -0.463 e. The van der Waals surface area contributed by atoms with E-state index < -0.39 is 24.1 Å². The highest BCUT2D eigenvalue weighted by molar-refractivity contribution is 5.77. The molecule has 9 nitrogen and oxygen atoms in total. The molecule has 1 unspecified atom stereocenters. The maximum Gasteiger partial charge on any atom is 0.407 e. The van der Waals surface area contributed by atoms with E-state index in [-0.39, 0.29) is 31.1 Å². The first-order valence-corrected chi connectivity index (χ1v) is 8.27. The van der Waals surface area contributed by atoms with Crippen LogP contribution in [0.4, 0.5) is 4.79 Å². The molecule has 0 radical (unpaired) electrons. The molecular formula is C16H32N4O5. The van der Waals surface area contributed by atoms with Crippen LogP contribution in [-0.4, -0.2) is 56.0 Å². The van der Waals surface area contributed by atoms with E-state index in [2.05, 4.69) is 31.4 Å². The van der Waals surface area contributed by atoms with E-state index in [0.717, 1.165) is 12.8 Å². The van der Waals surface area contributed by atoms with Gasteiger partial charge in [-0.25, -0.2) is 4.79 Å². The van der Waals surface area contributed by atoms with Gasteiger partial charge in [0, 0.05) is 6.54 Å². The van der Waals surface area contributed by atoms with Crippen LogP contribution in [0.1, 0.15) is 40.5 Å². The summed E-state index contributed by atoms with van der Waals surface area (Å²) in [5.74, 6) is -0.923. The average Bonchev–Trinajstić information content (AvgIpc) is 2.52. The summed E-state index contributed by atoms with van der Waals surface area (Å²) in [7, 11) is 0. The van der Waals surface area contributed by atoms with Gasteiger partial charge in [-0.05, 0) is 25.2 Å². The van der Waals surface area contributed by atoms with Gasteiger partial charge in [0.1, 0.15) is 18.6 Å². The molecule has 0 aliphatic carbocycles. The van der Waals surface area contributed by atoms with E-state index in [1.807, 2.05) is 0 Å². The van der Waals surface area contributed by atoms with E-state index in [1.54, 1.807) is 0 Å². The zero-order valence-corrected chi connectivity index (χ0v) is 15.6. The van der Waals surface area contributed by atoms with Crippen molar-refractivity contribution in [3.05, 3.63) is 0 Å². The van der Waals surface area contributed by atoms with Gasteiger partial charge < -0.3 is 30.9 Å². The Morgan fingerprint density at radius 3 is 2.28 bits per heavy atom. The van der Waals surface area contributed by atoms with Gasteiger partial charge >= 0.3 is 12.1 Å². The number of guanidine groups is 1. The Morgan fingerprint density at radius 2 is 1.76 bits per heavy atom. The fraction of sp³-hybridized carbons (Fsp3) is 0.812. The summed E-state index contributed by atoms with van der Waals surface area (Å²) in [5.41, 5.74) is 3.95. The van der Waals surface area contributed by atoms with Crippen molar-refractivity contribution in [1.29, 1.82) is 5.41 Å². The van der Waals surface area contributed by atoms with Crippen molar-refractivity contribution >= 4 is 18.0 Å². The molecule has 0 fully saturated rings. The third kappa shape index (κ3) is 11.2. The monoisotopic (exact) mass is 360 g/mol. The van der Waals surface area contributed by atoms with Crippen LogP contribution in [0.25, 0.3) is 0 Å². The molecule has 0 saturated heterocycles. The highest BCUT2D eigenvalue weighted by Gasteiger charge is 2.36. The maximum atomic E-state index is 12.0. The van der Waals surface area contributed by atoms with Crippen molar-refractivity contribution in [2.45, 2.75) is 40.5 Å². The van der Waals surface area contributed by atoms with E-state index in [0.29, 0.717) is 6.54 Å². The molecule has 0 aromatic carbocycles. The molecule has 25 heavy (non-hydrogen) atoms. The number of rotatable bonds is 10. The summed E-state index contributed by atoms with van der Waals surface area (Å²) in [4.78, 5) is 23.7. The van der Waals surface area contributed by atoms with E-state index >= 15 is 0 Å². The zero-order valence-electron chi connectivity index (χ0n) is 15.6. The number of nitrogens with one attached hydrogen (secondary N) is 3. The lowest BCUT2D eigenvalue weighted by Crippen LogP contribution is -2.41. The SMILES string of the molecule is CC(C)(C)CCCNC(=O)OCC(C)(CO)C(=O)OCCNC(=N)N.